The minimum atomic E-state index is -0.539. The highest BCUT2D eigenvalue weighted by Crippen LogP contribution is 2.29. The van der Waals surface area contributed by atoms with Gasteiger partial charge in [0.2, 0.25) is 0 Å². The number of nitrogens with zero attached hydrogens (tertiary/aromatic N) is 2. The number of pyridine rings is 1. The highest BCUT2D eigenvalue weighted by molar-refractivity contribution is 5.82. The summed E-state index contributed by atoms with van der Waals surface area (Å²) < 4.78 is 6.21. The summed E-state index contributed by atoms with van der Waals surface area (Å²) >= 11 is 0. The molecular formula is C20H24N2O2. The Labute approximate surface area is 143 Å². The number of hydrogen-bond donors (Lipinski definition) is 0. The molecule has 0 radical (unpaired) electrons. The van der Waals surface area contributed by atoms with Crippen LogP contribution in [0.2, 0.25) is 0 Å². The van der Waals surface area contributed by atoms with Crippen molar-refractivity contribution >= 4 is 5.91 Å². The maximum Gasteiger partial charge on any atom is 0.256 e. The summed E-state index contributed by atoms with van der Waals surface area (Å²) in [6, 6.07) is 15.5. The van der Waals surface area contributed by atoms with Gasteiger partial charge in [-0.2, -0.15) is 0 Å². The van der Waals surface area contributed by atoms with Crippen LogP contribution in [0, 0.1) is 0 Å². The van der Waals surface area contributed by atoms with Gasteiger partial charge in [0.05, 0.1) is 18.3 Å². The van der Waals surface area contributed by atoms with Gasteiger partial charge < -0.3 is 9.64 Å². The maximum absolute atomic E-state index is 13.0. The van der Waals surface area contributed by atoms with Gasteiger partial charge in [0, 0.05) is 13.2 Å². The smallest absolute Gasteiger partial charge is 0.256 e. The highest BCUT2D eigenvalue weighted by Gasteiger charge is 2.29. The first-order valence-electron chi connectivity index (χ1n) is 8.59. The highest BCUT2D eigenvalue weighted by atomic mass is 16.5. The predicted octanol–water partition coefficient (Wildman–Crippen LogP) is 3.74. The second-order valence-electron chi connectivity index (χ2n) is 6.35. The van der Waals surface area contributed by atoms with Crippen LogP contribution in [0.5, 0.6) is 0 Å². The molecule has 0 saturated heterocycles. The molecule has 1 aliphatic rings. The van der Waals surface area contributed by atoms with E-state index >= 15 is 0 Å². The first-order valence-corrected chi connectivity index (χ1v) is 8.59. The van der Waals surface area contributed by atoms with E-state index in [0.29, 0.717) is 6.54 Å². The zero-order chi connectivity index (χ0) is 16.8. The Kier molecular flexibility index (Phi) is 5.59. The molecule has 3 rings (SSSR count). The molecule has 1 saturated carbocycles. The molecule has 1 fully saturated rings. The predicted molar refractivity (Wildman–Crippen MR) is 93.2 cm³/mol. The minimum Gasteiger partial charge on any atom is -0.360 e. The van der Waals surface area contributed by atoms with Crippen LogP contribution in [0.3, 0.4) is 0 Å². The van der Waals surface area contributed by atoms with Gasteiger partial charge in [0.1, 0.15) is 0 Å². The van der Waals surface area contributed by atoms with E-state index in [2.05, 4.69) is 4.98 Å². The maximum atomic E-state index is 13.0. The van der Waals surface area contributed by atoms with Crippen molar-refractivity contribution < 1.29 is 9.53 Å². The second kappa shape index (κ2) is 8.06. The fourth-order valence-electron chi connectivity index (χ4n) is 3.14. The Morgan fingerprint density at radius 2 is 1.88 bits per heavy atom. The molecule has 1 aromatic carbocycles. The van der Waals surface area contributed by atoms with Crippen molar-refractivity contribution in [1.29, 1.82) is 0 Å². The number of benzene rings is 1. The monoisotopic (exact) mass is 324 g/mol. The van der Waals surface area contributed by atoms with Crippen LogP contribution in [-0.4, -0.2) is 28.9 Å². The lowest BCUT2D eigenvalue weighted by Crippen LogP contribution is -2.34. The molecule has 1 aliphatic carbocycles. The normalized spacial score (nSPS) is 16.0. The van der Waals surface area contributed by atoms with Crippen molar-refractivity contribution in [3.8, 4) is 0 Å². The zero-order valence-electron chi connectivity index (χ0n) is 14.1. The standard InChI is InChI=1S/C20H24N2O2/c1-22(15-17-11-7-8-14-21-17)20(23)19(16-9-3-2-4-10-16)24-18-12-5-6-13-18/h2-4,7-11,14,18-19H,5-6,12-13,15H2,1H3. The number of likely N-dealkylation sites (N-methyl/N-ethyl adjacent to an activating group) is 1. The average Bonchev–Trinajstić information content (AvgIpc) is 3.14. The third-order valence-electron chi connectivity index (χ3n) is 4.46. The summed E-state index contributed by atoms with van der Waals surface area (Å²) in [5.41, 5.74) is 1.79. The van der Waals surface area contributed by atoms with Crippen molar-refractivity contribution in [2.75, 3.05) is 7.05 Å². The van der Waals surface area contributed by atoms with Crippen molar-refractivity contribution in [1.82, 2.24) is 9.88 Å². The molecule has 0 spiro atoms. The van der Waals surface area contributed by atoms with E-state index in [4.69, 9.17) is 4.74 Å². The molecule has 4 nitrogen and oxygen atoms in total. The van der Waals surface area contributed by atoms with Gasteiger partial charge in [0.25, 0.3) is 5.91 Å². The number of hydrogen-bond acceptors (Lipinski definition) is 3. The molecule has 0 bridgehead atoms. The molecule has 0 aliphatic heterocycles. The van der Waals surface area contributed by atoms with Gasteiger partial charge in [-0.25, -0.2) is 0 Å². The fraction of sp³-hybridized carbons (Fsp3) is 0.400. The van der Waals surface area contributed by atoms with Crippen molar-refractivity contribution in [2.45, 2.75) is 44.4 Å². The molecule has 1 amide bonds. The first-order chi connectivity index (χ1) is 11.7. The number of ether oxygens (including phenoxy) is 1. The Hall–Kier alpha value is -2.20. The van der Waals surface area contributed by atoms with Crippen LogP contribution in [0.4, 0.5) is 0 Å². The van der Waals surface area contributed by atoms with E-state index in [-0.39, 0.29) is 12.0 Å². The summed E-state index contributed by atoms with van der Waals surface area (Å²) in [4.78, 5) is 19.0. The number of amides is 1. The number of carbonyl (C=O) groups is 1. The van der Waals surface area contributed by atoms with Crippen LogP contribution in [-0.2, 0) is 16.1 Å². The Balaban J connectivity index is 1.74. The fourth-order valence-corrected chi connectivity index (χ4v) is 3.14. The topological polar surface area (TPSA) is 42.4 Å². The minimum absolute atomic E-state index is 0.0150. The van der Waals surface area contributed by atoms with Crippen LogP contribution < -0.4 is 0 Å². The third-order valence-corrected chi connectivity index (χ3v) is 4.46. The van der Waals surface area contributed by atoms with Gasteiger partial charge >= 0.3 is 0 Å². The third kappa shape index (κ3) is 4.20. The lowest BCUT2D eigenvalue weighted by molar-refractivity contribution is -0.147. The van der Waals surface area contributed by atoms with Crippen LogP contribution in [0.1, 0.15) is 43.0 Å². The van der Waals surface area contributed by atoms with Gasteiger partial charge in [-0.05, 0) is 30.5 Å². The SMILES string of the molecule is CN(Cc1ccccn1)C(=O)C(OC1CCCC1)c1ccccc1. The van der Waals surface area contributed by atoms with Gasteiger partial charge in [0.15, 0.2) is 6.10 Å². The van der Waals surface area contributed by atoms with E-state index in [1.807, 2.05) is 55.6 Å². The average molecular weight is 324 g/mol. The van der Waals surface area contributed by atoms with E-state index in [9.17, 15) is 4.79 Å². The number of carbonyl (C=O) groups excluding carboxylic acids is 1. The lowest BCUT2D eigenvalue weighted by Gasteiger charge is -2.26. The van der Waals surface area contributed by atoms with E-state index in [1.165, 1.54) is 12.8 Å². The van der Waals surface area contributed by atoms with E-state index in [0.717, 1.165) is 24.1 Å². The number of rotatable bonds is 6. The molecule has 1 heterocycles. The lowest BCUT2D eigenvalue weighted by atomic mass is 10.1. The van der Waals surface area contributed by atoms with E-state index in [1.54, 1.807) is 11.1 Å². The molecule has 1 atom stereocenters. The molecule has 4 heteroatoms. The molecule has 0 N–H and O–H groups in total. The summed E-state index contributed by atoms with van der Waals surface area (Å²) in [6.07, 6.45) is 5.85. The molecule has 1 unspecified atom stereocenters. The van der Waals surface area contributed by atoms with Crippen LogP contribution in [0.15, 0.2) is 54.7 Å². The van der Waals surface area contributed by atoms with Crippen LogP contribution >= 0.6 is 0 Å². The quantitative estimate of drug-likeness (QED) is 0.813. The van der Waals surface area contributed by atoms with Crippen molar-refractivity contribution in [3.05, 3.63) is 66.0 Å². The van der Waals surface area contributed by atoms with Gasteiger partial charge in [-0.1, -0.05) is 49.2 Å². The molecule has 126 valence electrons. The Morgan fingerprint density at radius 1 is 1.17 bits per heavy atom. The molecular weight excluding hydrogens is 300 g/mol. The Morgan fingerprint density at radius 3 is 2.54 bits per heavy atom. The second-order valence-corrected chi connectivity index (χ2v) is 6.35. The molecule has 2 aromatic rings. The van der Waals surface area contributed by atoms with Crippen molar-refractivity contribution in [3.63, 3.8) is 0 Å². The van der Waals surface area contributed by atoms with E-state index < -0.39 is 6.10 Å². The van der Waals surface area contributed by atoms with Gasteiger partial charge in [-0.15, -0.1) is 0 Å². The summed E-state index contributed by atoms with van der Waals surface area (Å²) in [5, 5.41) is 0. The van der Waals surface area contributed by atoms with Crippen molar-refractivity contribution in [2.24, 2.45) is 0 Å². The molecule has 1 aromatic heterocycles. The first kappa shape index (κ1) is 16.7. The van der Waals surface area contributed by atoms with Gasteiger partial charge in [-0.3, -0.25) is 9.78 Å². The Bertz CT molecular complexity index is 639. The summed E-state index contributed by atoms with van der Waals surface area (Å²) in [5.74, 6) is -0.0150. The summed E-state index contributed by atoms with van der Waals surface area (Å²) in [6.45, 7) is 0.483. The largest absolute Gasteiger partial charge is 0.360 e. The zero-order valence-corrected chi connectivity index (χ0v) is 14.1. The molecule has 24 heavy (non-hydrogen) atoms. The van der Waals surface area contributed by atoms with Crippen LogP contribution in [0.25, 0.3) is 0 Å². The number of aromatic nitrogens is 1. The summed E-state index contributed by atoms with van der Waals surface area (Å²) in [7, 11) is 1.81.